The normalized spacial score (nSPS) is 22.4. The molecule has 1 saturated carbocycles. The Morgan fingerprint density at radius 1 is 1.47 bits per heavy atom. The van der Waals surface area contributed by atoms with Crippen LogP contribution in [0.2, 0.25) is 0 Å². The Bertz CT molecular complexity index is 424. The molecule has 5 nitrogen and oxygen atoms in total. The van der Waals surface area contributed by atoms with Crippen LogP contribution in [0.3, 0.4) is 0 Å². The van der Waals surface area contributed by atoms with E-state index in [2.05, 4.69) is 34.0 Å². The van der Waals surface area contributed by atoms with Crippen LogP contribution in [-0.2, 0) is 0 Å². The van der Waals surface area contributed by atoms with Crippen LogP contribution in [0, 0.1) is 0 Å². The summed E-state index contributed by atoms with van der Waals surface area (Å²) < 4.78 is 0. The zero-order chi connectivity index (χ0) is 13.7. The van der Waals surface area contributed by atoms with Crippen molar-refractivity contribution in [3.05, 3.63) is 5.01 Å². The van der Waals surface area contributed by atoms with Crippen molar-refractivity contribution in [2.75, 3.05) is 18.1 Å². The molecule has 1 aliphatic carbocycles. The summed E-state index contributed by atoms with van der Waals surface area (Å²) in [6.07, 6.45) is 6.57. The van der Waals surface area contributed by atoms with Gasteiger partial charge in [0, 0.05) is 17.8 Å². The lowest BCUT2D eigenvalue weighted by molar-refractivity contribution is 0.0937. The third kappa shape index (κ3) is 3.82. The van der Waals surface area contributed by atoms with Crippen molar-refractivity contribution < 1.29 is 4.79 Å². The summed E-state index contributed by atoms with van der Waals surface area (Å²) in [5.74, 6) is -0.0898. The van der Waals surface area contributed by atoms with Crippen LogP contribution in [0.25, 0.3) is 0 Å². The molecule has 1 aliphatic rings. The first kappa shape index (κ1) is 14.6. The van der Waals surface area contributed by atoms with Crippen LogP contribution < -0.4 is 10.6 Å². The summed E-state index contributed by atoms with van der Waals surface area (Å²) in [6.45, 7) is 2.94. The van der Waals surface area contributed by atoms with Crippen LogP contribution >= 0.6 is 23.1 Å². The highest BCUT2D eigenvalue weighted by molar-refractivity contribution is 7.99. The summed E-state index contributed by atoms with van der Waals surface area (Å²) in [6, 6.07) is 0.276. The van der Waals surface area contributed by atoms with Gasteiger partial charge in [0.2, 0.25) is 10.1 Å². The molecule has 1 amide bonds. The van der Waals surface area contributed by atoms with Crippen molar-refractivity contribution in [1.29, 1.82) is 0 Å². The van der Waals surface area contributed by atoms with Crippen molar-refractivity contribution >= 4 is 34.1 Å². The molecule has 2 rings (SSSR count). The zero-order valence-electron chi connectivity index (χ0n) is 11.3. The minimum absolute atomic E-state index is 0.0898. The molecule has 2 atom stereocenters. The zero-order valence-corrected chi connectivity index (χ0v) is 12.9. The maximum atomic E-state index is 12.1. The van der Waals surface area contributed by atoms with E-state index in [0.29, 0.717) is 10.3 Å². The number of hydrogen-bond acceptors (Lipinski definition) is 6. The van der Waals surface area contributed by atoms with E-state index >= 15 is 0 Å². The first-order chi connectivity index (χ1) is 9.24. The monoisotopic (exact) mass is 300 g/mol. The van der Waals surface area contributed by atoms with Crippen LogP contribution in [0.5, 0.6) is 0 Å². The third-order valence-corrected chi connectivity index (χ3v) is 5.27. The SMILES string of the molecule is CCCNc1nnc(C(=O)NC2CCCC2SC)s1. The van der Waals surface area contributed by atoms with Gasteiger partial charge in [0.05, 0.1) is 0 Å². The van der Waals surface area contributed by atoms with Gasteiger partial charge >= 0.3 is 0 Å². The maximum Gasteiger partial charge on any atom is 0.282 e. The molecular weight excluding hydrogens is 280 g/mol. The fourth-order valence-corrected chi connectivity index (χ4v) is 3.83. The number of aromatic nitrogens is 2. The van der Waals surface area contributed by atoms with Crippen molar-refractivity contribution in [2.45, 2.75) is 43.9 Å². The van der Waals surface area contributed by atoms with Gasteiger partial charge in [-0.15, -0.1) is 10.2 Å². The molecule has 1 fully saturated rings. The van der Waals surface area contributed by atoms with Gasteiger partial charge in [0.1, 0.15) is 0 Å². The van der Waals surface area contributed by atoms with E-state index in [0.717, 1.165) is 24.5 Å². The van der Waals surface area contributed by atoms with E-state index in [1.54, 1.807) is 0 Å². The van der Waals surface area contributed by atoms with Gasteiger partial charge in [-0.2, -0.15) is 11.8 Å². The predicted molar refractivity (Wildman–Crippen MR) is 81.1 cm³/mol. The molecule has 106 valence electrons. The maximum absolute atomic E-state index is 12.1. The standard InChI is InChI=1S/C12H20N4OS2/c1-3-7-13-12-16-15-11(19-12)10(17)14-8-5-4-6-9(8)18-2/h8-9H,3-7H2,1-2H3,(H,13,16)(H,14,17). The lowest BCUT2D eigenvalue weighted by Crippen LogP contribution is -2.38. The van der Waals surface area contributed by atoms with Gasteiger partial charge in [0.25, 0.3) is 5.91 Å². The Labute approximate surface area is 122 Å². The molecule has 1 aromatic heterocycles. The van der Waals surface area contributed by atoms with Gasteiger partial charge in [-0.3, -0.25) is 4.79 Å². The average molecular weight is 300 g/mol. The first-order valence-electron chi connectivity index (χ1n) is 6.65. The number of carbonyl (C=O) groups is 1. The van der Waals surface area contributed by atoms with Gasteiger partial charge < -0.3 is 10.6 Å². The number of thioether (sulfide) groups is 1. The quantitative estimate of drug-likeness (QED) is 0.844. The molecule has 0 saturated heterocycles. The fourth-order valence-electron chi connectivity index (χ4n) is 2.22. The van der Waals surface area contributed by atoms with Crippen LogP contribution in [0.15, 0.2) is 0 Å². The second kappa shape index (κ2) is 7.09. The Morgan fingerprint density at radius 2 is 2.32 bits per heavy atom. The van der Waals surface area contributed by atoms with E-state index in [-0.39, 0.29) is 11.9 Å². The molecule has 0 aliphatic heterocycles. The molecular formula is C12H20N4OS2. The number of anilines is 1. The van der Waals surface area contributed by atoms with E-state index in [4.69, 9.17) is 0 Å². The Hall–Kier alpha value is -0.820. The highest BCUT2D eigenvalue weighted by Gasteiger charge is 2.28. The molecule has 0 aromatic carbocycles. The predicted octanol–water partition coefficient (Wildman–Crippen LogP) is 2.37. The van der Waals surface area contributed by atoms with E-state index in [1.165, 1.54) is 24.2 Å². The lowest BCUT2D eigenvalue weighted by atomic mass is 10.2. The Balaban J connectivity index is 1.90. The summed E-state index contributed by atoms with van der Waals surface area (Å²) >= 11 is 3.16. The molecule has 0 spiro atoms. The van der Waals surface area contributed by atoms with E-state index in [1.807, 2.05) is 11.8 Å². The summed E-state index contributed by atoms with van der Waals surface area (Å²) in [5, 5.41) is 15.9. The number of nitrogens with zero attached hydrogens (tertiary/aromatic N) is 2. The molecule has 1 aromatic rings. The van der Waals surface area contributed by atoms with Gasteiger partial charge in [-0.25, -0.2) is 0 Å². The number of hydrogen-bond donors (Lipinski definition) is 2. The van der Waals surface area contributed by atoms with Crippen molar-refractivity contribution in [3.63, 3.8) is 0 Å². The molecule has 1 heterocycles. The summed E-state index contributed by atoms with van der Waals surface area (Å²) in [5.41, 5.74) is 0. The second-order valence-corrected chi connectivity index (χ2v) is 6.68. The Morgan fingerprint density at radius 3 is 3.05 bits per heavy atom. The van der Waals surface area contributed by atoms with Crippen molar-refractivity contribution in [1.82, 2.24) is 15.5 Å². The fraction of sp³-hybridized carbons (Fsp3) is 0.750. The highest BCUT2D eigenvalue weighted by Crippen LogP contribution is 2.28. The molecule has 19 heavy (non-hydrogen) atoms. The lowest BCUT2D eigenvalue weighted by Gasteiger charge is -2.18. The topological polar surface area (TPSA) is 66.9 Å². The van der Waals surface area contributed by atoms with Crippen LogP contribution in [-0.4, -0.2) is 40.2 Å². The first-order valence-corrected chi connectivity index (χ1v) is 8.76. The third-order valence-electron chi connectivity index (χ3n) is 3.22. The molecule has 7 heteroatoms. The largest absolute Gasteiger partial charge is 0.360 e. The summed E-state index contributed by atoms with van der Waals surface area (Å²) in [4.78, 5) is 12.1. The van der Waals surface area contributed by atoms with Crippen LogP contribution in [0.1, 0.15) is 42.4 Å². The van der Waals surface area contributed by atoms with Crippen molar-refractivity contribution in [2.24, 2.45) is 0 Å². The van der Waals surface area contributed by atoms with Crippen LogP contribution in [0.4, 0.5) is 5.13 Å². The summed E-state index contributed by atoms with van der Waals surface area (Å²) in [7, 11) is 0. The Kier molecular flexibility index (Phi) is 5.45. The van der Waals surface area contributed by atoms with Gasteiger partial charge in [-0.05, 0) is 25.5 Å². The van der Waals surface area contributed by atoms with E-state index in [9.17, 15) is 4.79 Å². The molecule has 0 radical (unpaired) electrons. The van der Waals surface area contributed by atoms with Gasteiger partial charge in [-0.1, -0.05) is 24.7 Å². The highest BCUT2D eigenvalue weighted by atomic mass is 32.2. The molecule has 2 unspecified atom stereocenters. The van der Waals surface area contributed by atoms with E-state index < -0.39 is 0 Å². The number of carbonyl (C=O) groups excluding carboxylic acids is 1. The number of nitrogens with one attached hydrogen (secondary N) is 2. The number of rotatable bonds is 6. The second-order valence-electron chi connectivity index (χ2n) is 4.62. The van der Waals surface area contributed by atoms with Crippen molar-refractivity contribution in [3.8, 4) is 0 Å². The van der Waals surface area contributed by atoms with Gasteiger partial charge in [0.15, 0.2) is 0 Å². The minimum atomic E-state index is -0.0898. The number of amides is 1. The smallest absolute Gasteiger partial charge is 0.282 e. The minimum Gasteiger partial charge on any atom is -0.360 e. The molecule has 0 bridgehead atoms. The average Bonchev–Trinajstić information content (AvgIpc) is 3.04. The molecule has 2 N–H and O–H groups in total.